The van der Waals surface area contributed by atoms with E-state index in [1.165, 1.54) is 4.90 Å². The maximum atomic E-state index is 13.1. The number of anilines is 1. The van der Waals surface area contributed by atoms with Crippen molar-refractivity contribution in [1.82, 2.24) is 9.47 Å². The molecule has 2 heterocycles. The van der Waals surface area contributed by atoms with Gasteiger partial charge in [0.2, 0.25) is 5.91 Å². The Hall–Kier alpha value is -3.84. The highest BCUT2D eigenvalue weighted by atomic mass is 32.2. The Morgan fingerprint density at radius 1 is 0.848 bits per heavy atom. The number of nitrogens with one attached hydrogen (secondary N) is 1. The molecule has 1 saturated heterocycles. The molecule has 1 aromatic heterocycles. The second-order valence-electron chi connectivity index (χ2n) is 7.86. The number of carbonyl (C=O) groups is 3. The highest BCUT2D eigenvalue weighted by Crippen LogP contribution is 2.25. The van der Waals surface area contributed by atoms with Crippen molar-refractivity contribution in [3.63, 3.8) is 0 Å². The minimum atomic E-state index is -0.218. The third kappa shape index (κ3) is 4.40. The highest BCUT2D eigenvalue weighted by molar-refractivity contribution is 8.14. The predicted octanol–water partition coefficient (Wildman–Crippen LogP) is 5.14. The SMILES string of the molecule is O=C(Nc1ccc(CN2C(=O)CSC2=O)cc1)c1cn(Cc2ccccc2)c2ccccc12. The van der Waals surface area contributed by atoms with E-state index in [1.54, 1.807) is 12.1 Å². The van der Waals surface area contributed by atoms with Gasteiger partial charge in [0.15, 0.2) is 0 Å². The molecule has 1 aliphatic heterocycles. The lowest BCUT2D eigenvalue weighted by atomic mass is 10.1. The average molecular weight is 456 g/mol. The van der Waals surface area contributed by atoms with Crippen molar-refractivity contribution in [2.45, 2.75) is 13.1 Å². The van der Waals surface area contributed by atoms with Crippen molar-refractivity contribution in [3.05, 3.63) is 102 Å². The number of carbonyl (C=O) groups excluding carboxylic acids is 3. The number of para-hydroxylation sites is 1. The molecular formula is C26H21N3O3S. The number of hydrogen-bond donors (Lipinski definition) is 1. The number of rotatable bonds is 6. The minimum Gasteiger partial charge on any atom is -0.342 e. The molecule has 33 heavy (non-hydrogen) atoms. The van der Waals surface area contributed by atoms with Crippen LogP contribution in [0.1, 0.15) is 21.5 Å². The Morgan fingerprint density at radius 2 is 1.55 bits per heavy atom. The molecule has 4 aromatic rings. The molecule has 0 atom stereocenters. The molecule has 164 valence electrons. The third-order valence-electron chi connectivity index (χ3n) is 5.62. The van der Waals surface area contributed by atoms with Gasteiger partial charge in [-0.25, -0.2) is 0 Å². The van der Waals surface area contributed by atoms with Crippen molar-refractivity contribution < 1.29 is 14.4 Å². The average Bonchev–Trinajstić information content (AvgIpc) is 3.36. The normalized spacial score (nSPS) is 13.6. The first-order valence-corrected chi connectivity index (χ1v) is 11.6. The Bertz CT molecular complexity index is 1330. The van der Waals surface area contributed by atoms with Gasteiger partial charge in [-0.2, -0.15) is 0 Å². The molecule has 6 nitrogen and oxygen atoms in total. The van der Waals surface area contributed by atoms with Crippen LogP contribution >= 0.6 is 11.8 Å². The molecule has 1 N–H and O–H groups in total. The summed E-state index contributed by atoms with van der Waals surface area (Å²) in [5.74, 6) is -0.161. The Labute approximate surface area is 195 Å². The molecular weight excluding hydrogens is 434 g/mol. The van der Waals surface area contributed by atoms with E-state index in [4.69, 9.17) is 0 Å². The minimum absolute atomic E-state index is 0.172. The van der Waals surface area contributed by atoms with E-state index in [1.807, 2.05) is 60.8 Å². The monoisotopic (exact) mass is 455 g/mol. The van der Waals surface area contributed by atoms with E-state index in [9.17, 15) is 14.4 Å². The topological polar surface area (TPSA) is 71.4 Å². The van der Waals surface area contributed by atoms with Gasteiger partial charge in [0.1, 0.15) is 0 Å². The summed E-state index contributed by atoms with van der Waals surface area (Å²) >= 11 is 1.02. The van der Waals surface area contributed by atoms with Crippen LogP contribution in [0.4, 0.5) is 10.5 Å². The molecule has 0 spiro atoms. The molecule has 7 heteroatoms. The second-order valence-corrected chi connectivity index (χ2v) is 8.79. The Balaban J connectivity index is 1.34. The first-order chi connectivity index (χ1) is 16.1. The molecule has 5 rings (SSSR count). The lowest BCUT2D eigenvalue weighted by Gasteiger charge is -2.13. The largest absolute Gasteiger partial charge is 0.342 e. The summed E-state index contributed by atoms with van der Waals surface area (Å²) < 4.78 is 2.09. The zero-order valence-corrected chi connectivity index (χ0v) is 18.5. The van der Waals surface area contributed by atoms with Crippen LogP contribution in [-0.4, -0.2) is 32.3 Å². The lowest BCUT2D eigenvalue weighted by molar-refractivity contribution is -0.125. The number of imide groups is 1. The smallest absolute Gasteiger partial charge is 0.289 e. The first kappa shape index (κ1) is 21.0. The molecule has 1 fully saturated rings. The summed E-state index contributed by atoms with van der Waals surface area (Å²) in [4.78, 5) is 38.0. The zero-order valence-electron chi connectivity index (χ0n) is 17.7. The fraction of sp³-hybridized carbons (Fsp3) is 0.115. The summed E-state index contributed by atoms with van der Waals surface area (Å²) in [6.07, 6.45) is 1.89. The summed E-state index contributed by atoms with van der Waals surface area (Å²) in [5.41, 5.74) is 4.25. The van der Waals surface area contributed by atoms with E-state index in [0.717, 1.165) is 33.8 Å². The van der Waals surface area contributed by atoms with Gasteiger partial charge >= 0.3 is 0 Å². The Morgan fingerprint density at radius 3 is 2.27 bits per heavy atom. The fourth-order valence-corrected chi connectivity index (χ4v) is 4.67. The van der Waals surface area contributed by atoms with E-state index >= 15 is 0 Å². The number of aromatic nitrogens is 1. The fourth-order valence-electron chi connectivity index (χ4n) is 3.95. The van der Waals surface area contributed by atoms with Gasteiger partial charge in [-0.05, 0) is 29.3 Å². The van der Waals surface area contributed by atoms with Crippen LogP contribution in [0.3, 0.4) is 0 Å². The molecule has 0 bridgehead atoms. The molecule has 0 saturated carbocycles. The van der Waals surface area contributed by atoms with Gasteiger partial charge in [0, 0.05) is 29.3 Å². The molecule has 0 unspecified atom stereocenters. The van der Waals surface area contributed by atoms with Crippen LogP contribution in [0.15, 0.2) is 85.1 Å². The van der Waals surface area contributed by atoms with Crippen molar-refractivity contribution in [2.75, 3.05) is 11.1 Å². The van der Waals surface area contributed by atoms with Crippen LogP contribution in [0.2, 0.25) is 0 Å². The van der Waals surface area contributed by atoms with Crippen LogP contribution < -0.4 is 5.32 Å². The number of fused-ring (bicyclic) bond motifs is 1. The predicted molar refractivity (Wildman–Crippen MR) is 130 cm³/mol. The van der Waals surface area contributed by atoms with Gasteiger partial charge in [-0.1, -0.05) is 72.4 Å². The Kier molecular flexibility index (Phi) is 5.71. The summed E-state index contributed by atoms with van der Waals surface area (Å²) in [5, 5.41) is 3.64. The van der Waals surface area contributed by atoms with Gasteiger partial charge in [0.05, 0.1) is 17.9 Å². The molecule has 1 aliphatic rings. The maximum Gasteiger partial charge on any atom is 0.289 e. The van der Waals surface area contributed by atoms with Crippen molar-refractivity contribution in [3.8, 4) is 0 Å². The van der Waals surface area contributed by atoms with Crippen molar-refractivity contribution in [1.29, 1.82) is 0 Å². The second kappa shape index (κ2) is 8.96. The van der Waals surface area contributed by atoms with Crippen LogP contribution in [0, 0.1) is 0 Å². The number of hydrogen-bond acceptors (Lipinski definition) is 4. The molecule has 3 amide bonds. The van der Waals surface area contributed by atoms with Gasteiger partial charge in [0.25, 0.3) is 11.1 Å². The summed E-state index contributed by atoms with van der Waals surface area (Å²) in [7, 11) is 0. The van der Waals surface area contributed by atoms with Crippen LogP contribution in [0.5, 0.6) is 0 Å². The van der Waals surface area contributed by atoms with Crippen molar-refractivity contribution in [2.24, 2.45) is 0 Å². The quantitative estimate of drug-likeness (QED) is 0.437. The maximum absolute atomic E-state index is 13.1. The number of benzene rings is 3. The number of amides is 3. The van der Waals surface area contributed by atoms with E-state index in [0.29, 0.717) is 17.8 Å². The van der Waals surface area contributed by atoms with Crippen LogP contribution in [0.25, 0.3) is 10.9 Å². The van der Waals surface area contributed by atoms with Gasteiger partial charge in [-0.3, -0.25) is 19.3 Å². The standard InChI is InChI=1S/C26H21N3O3S/c30-24-17-33-26(32)29(24)15-19-10-12-20(13-11-19)27-25(31)22-16-28(14-18-6-2-1-3-7-18)23-9-5-4-8-21(22)23/h1-13,16H,14-15,17H2,(H,27,31). The molecule has 3 aromatic carbocycles. The lowest BCUT2D eigenvalue weighted by Crippen LogP contribution is -2.27. The van der Waals surface area contributed by atoms with E-state index < -0.39 is 0 Å². The first-order valence-electron chi connectivity index (χ1n) is 10.6. The molecule has 0 aliphatic carbocycles. The molecule has 0 radical (unpaired) electrons. The third-order valence-corrected chi connectivity index (χ3v) is 6.48. The number of thioether (sulfide) groups is 1. The summed E-state index contributed by atoms with van der Waals surface area (Å²) in [6.45, 7) is 0.918. The van der Waals surface area contributed by atoms with Crippen molar-refractivity contribution >= 4 is 45.4 Å². The number of nitrogens with zero attached hydrogens (tertiary/aromatic N) is 2. The van der Waals surface area contributed by atoms with E-state index in [-0.39, 0.29) is 29.4 Å². The van der Waals surface area contributed by atoms with Gasteiger partial charge in [-0.15, -0.1) is 0 Å². The summed E-state index contributed by atoms with van der Waals surface area (Å²) in [6, 6.07) is 25.2. The van der Waals surface area contributed by atoms with Crippen LogP contribution in [-0.2, 0) is 17.9 Å². The zero-order chi connectivity index (χ0) is 22.8. The van der Waals surface area contributed by atoms with Gasteiger partial charge < -0.3 is 9.88 Å². The van der Waals surface area contributed by atoms with E-state index in [2.05, 4.69) is 22.0 Å². The highest BCUT2D eigenvalue weighted by Gasteiger charge is 2.29.